The van der Waals surface area contributed by atoms with E-state index in [0.29, 0.717) is 12.1 Å². The summed E-state index contributed by atoms with van der Waals surface area (Å²) in [7, 11) is 1.35. The summed E-state index contributed by atoms with van der Waals surface area (Å²) in [6.07, 6.45) is 0. The molecule has 0 saturated carbocycles. The SMILES string of the molecule is COc1ccc(F)c(-c2cc(F)c(C(=O)O)cc2F)c1. The molecule has 0 heterocycles. The molecule has 0 fully saturated rings. The topological polar surface area (TPSA) is 46.5 Å². The molecule has 0 atom stereocenters. The molecule has 20 heavy (non-hydrogen) atoms. The number of ether oxygens (including phenoxy) is 1. The standard InChI is InChI=1S/C14H9F3O3/c1-20-7-2-3-11(15)8(4-7)9-5-13(17)10(14(18)19)6-12(9)16/h2-6H,1H3,(H,18,19). The van der Waals surface area contributed by atoms with Gasteiger partial charge in [0.05, 0.1) is 12.7 Å². The van der Waals surface area contributed by atoms with Gasteiger partial charge in [-0.2, -0.15) is 0 Å². The van der Waals surface area contributed by atoms with Crippen LogP contribution in [0.15, 0.2) is 30.3 Å². The van der Waals surface area contributed by atoms with Gasteiger partial charge in [-0.1, -0.05) is 0 Å². The van der Waals surface area contributed by atoms with Crippen LogP contribution in [0.2, 0.25) is 0 Å². The van der Waals surface area contributed by atoms with Crippen LogP contribution < -0.4 is 4.74 Å². The summed E-state index contributed by atoms with van der Waals surface area (Å²) in [5.41, 5.74) is -1.39. The van der Waals surface area contributed by atoms with Crippen molar-refractivity contribution < 1.29 is 27.8 Å². The Morgan fingerprint density at radius 3 is 2.25 bits per heavy atom. The smallest absolute Gasteiger partial charge is 0.338 e. The van der Waals surface area contributed by atoms with Crippen LogP contribution in [0.5, 0.6) is 5.75 Å². The predicted molar refractivity (Wildman–Crippen MR) is 65.3 cm³/mol. The minimum atomic E-state index is -1.60. The largest absolute Gasteiger partial charge is 0.497 e. The maximum atomic E-state index is 13.9. The van der Waals surface area contributed by atoms with Gasteiger partial charge in [0.15, 0.2) is 0 Å². The molecule has 0 aromatic heterocycles. The number of halogens is 3. The first kappa shape index (κ1) is 13.9. The Kier molecular flexibility index (Phi) is 3.65. The summed E-state index contributed by atoms with van der Waals surface area (Å²) in [6, 6.07) is 4.76. The summed E-state index contributed by atoms with van der Waals surface area (Å²) in [5.74, 6) is -4.28. The third kappa shape index (κ3) is 2.45. The van der Waals surface area contributed by atoms with E-state index in [1.807, 2.05) is 0 Å². The van der Waals surface area contributed by atoms with Gasteiger partial charge in [0.25, 0.3) is 0 Å². The fourth-order valence-corrected chi connectivity index (χ4v) is 1.75. The van der Waals surface area contributed by atoms with Crippen LogP contribution in [-0.4, -0.2) is 18.2 Å². The molecule has 3 nitrogen and oxygen atoms in total. The third-order valence-electron chi connectivity index (χ3n) is 2.75. The molecule has 0 aliphatic heterocycles. The number of benzene rings is 2. The second kappa shape index (κ2) is 5.24. The molecule has 0 spiro atoms. The zero-order valence-electron chi connectivity index (χ0n) is 10.3. The van der Waals surface area contributed by atoms with Gasteiger partial charge < -0.3 is 9.84 Å². The molecule has 0 saturated heterocycles. The van der Waals surface area contributed by atoms with E-state index in [-0.39, 0.29) is 16.9 Å². The van der Waals surface area contributed by atoms with Gasteiger partial charge >= 0.3 is 5.97 Å². The van der Waals surface area contributed by atoms with Crippen molar-refractivity contribution in [3.63, 3.8) is 0 Å². The summed E-state index contributed by atoms with van der Waals surface area (Å²) in [6.45, 7) is 0. The molecule has 0 bridgehead atoms. The normalized spacial score (nSPS) is 10.4. The Balaban J connectivity index is 2.64. The summed E-state index contributed by atoms with van der Waals surface area (Å²) in [4.78, 5) is 10.7. The van der Waals surface area contributed by atoms with Crippen LogP contribution in [0.25, 0.3) is 11.1 Å². The third-order valence-corrected chi connectivity index (χ3v) is 2.75. The average Bonchev–Trinajstić information content (AvgIpc) is 2.41. The predicted octanol–water partition coefficient (Wildman–Crippen LogP) is 3.48. The number of rotatable bonds is 3. The fraction of sp³-hybridized carbons (Fsp3) is 0.0714. The number of carbonyl (C=O) groups is 1. The quantitative estimate of drug-likeness (QED) is 0.937. The van der Waals surface area contributed by atoms with Crippen LogP contribution in [0.4, 0.5) is 13.2 Å². The van der Waals surface area contributed by atoms with Gasteiger partial charge in [-0.25, -0.2) is 18.0 Å². The fourth-order valence-electron chi connectivity index (χ4n) is 1.75. The minimum absolute atomic E-state index is 0.210. The first-order chi connectivity index (χ1) is 9.43. The van der Waals surface area contributed by atoms with Crippen molar-refractivity contribution in [2.24, 2.45) is 0 Å². The molecule has 2 aromatic rings. The summed E-state index contributed by atoms with van der Waals surface area (Å²) >= 11 is 0. The van der Waals surface area contributed by atoms with Gasteiger partial charge in [-0.3, -0.25) is 0 Å². The number of methoxy groups -OCH3 is 1. The van der Waals surface area contributed by atoms with E-state index in [9.17, 15) is 18.0 Å². The van der Waals surface area contributed by atoms with E-state index in [0.717, 1.165) is 6.07 Å². The van der Waals surface area contributed by atoms with Crippen LogP contribution in [-0.2, 0) is 0 Å². The Morgan fingerprint density at radius 2 is 1.65 bits per heavy atom. The number of hydrogen-bond donors (Lipinski definition) is 1. The maximum Gasteiger partial charge on any atom is 0.338 e. The minimum Gasteiger partial charge on any atom is -0.497 e. The van der Waals surface area contributed by atoms with Crippen molar-refractivity contribution in [3.05, 3.63) is 53.3 Å². The molecule has 104 valence electrons. The average molecular weight is 282 g/mol. The van der Waals surface area contributed by atoms with Gasteiger partial charge in [0, 0.05) is 11.1 Å². The molecule has 0 amide bonds. The summed E-state index contributed by atoms with van der Waals surface area (Å²) < 4.78 is 46.0. The van der Waals surface area contributed by atoms with Crippen LogP contribution in [0.3, 0.4) is 0 Å². The highest BCUT2D eigenvalue weighted by Crippen LogP contribution is 2.30. The lowest BCUT2D eigenvalue weighted by molar-refractivity contribution is 0.0691. The molecular formula is C14H9F3O3. The lowest BCUT2D eigenvalue weighted by Crippen LogP contribution is -2.03. The molecule has 0 unspecified atom stereocenters. The molecule has 1 N–H and O–H groups in total. The van der Waals surface area contributed by atoms with Crippen molar-refractivity contribution >= 4 is 5.97 Å². The van der Waals surface area contributed by atoms with Gasteiger partial charge in [-0.15, -0.1) is 0 Å². The maximum absolute atomic E-state index is 13.9. The number of hydrogen-bond acceptors (Lipinski definition) is 2. The Bertz CT molecular complexity index is 684. The molecule has 0 aliphatic carbocycles. The number of carboxylic acid groups (broad SMARTS) is 1. The Morgan fingerprint density at radius 1 is 1.00 bits per heavy atom. The van der Waals surface area contributed by atoms with Gasteiger partial charge in [0.1, 0.15) is 23.2 Å². The highest BCUT2D eigenvalue weighted by Gasteiger charge is 2.18. The van der Waals surface area contributed by atoms with Crippen molar-refractivity contribution in [1.82, 2.24) is 0 Å². The molecule has 2 aromatic carbocycles. The van der Waals surface area contributed by atoms with E-state index in [1.54, 1.807) is 0 Å². The van der Waals surface area contributed by atoms with E-state index in [1.165, 1.54) is 19.2 Å². The highest BCUT2D eigenvalue weighted by molar-refractivity contribution is 5.89. The van der Waals surface area contributed by atoms with Gasteiger partial charge in [-0.05, 0) is 30.3 Å². The van der Waals surface area contributed by atoms with Crippen molar-refractivity contribution in [3.8, 4) is 16.9 Å². The Labute approximate surface area is 112 Å². The number of carboxylic acids is 1. The van der Waals surface area contributed by atoms with Crippen LogP contribution in [0, 0.1) is 17.5 Å². The molecule has 2 rings (SSSR count). The summed E-state index contributed by atoms with van der Waals surface area (Å²) in [5, 5.41) is 8.69. The molecular weight excluding hydrogens is 273 g/mol. The van der Waals surface area contributed by atoms with E-state index < -0.39 is 29.0 Å². The molecule has 0 radical (unpaired) electrons. The lowest BCUT2D eigenvalue weighted by Gasteiger charge is -2.09. The zero-order chi connectivity index (χ0) is 14.9. The molecule has 6 heteroatoms. The van der Waals surface area contributed by atoms with Crippen LogP contribution >= 0.6 is 0 Å². The Hall–Kier alpha value is -2.50. The zero-order valence-corrected chi connectivity index (χ0v) is 10.3. The van der Waals surface area contributed by atoms with Crippen LogP contribution in [0.1, 0.15) is 10.4 Å². The number of aromatic carboxylic acids is 1. The first-order valence-electron chi connectivity index (χ1n) is 5.50. The van der Waals surface area contributed by atoms with E-state index in [2.05, 4.69) is 0 Å². The van der Waals surface area contributed by atoms with Crippen molar-refractivity contribution in [2.45, 2.75) is 0 Å². The van der Waals surface area contributed by atoms with E-state index in [4.69, 9.17) is 9.84 Å². The lowest BCUT2D eigenvalue weighted by atomic mass is 10.0. The second-order valence-electron chi connectivity index (χ2n) is 3.96. The second-order valence-corrected chi connectivity index (χ2v) is 3.96. The molecule has 0 aliphatic rings. The van der Waals surface area contributed by atoms with Crippen molar-refractivity contribution in [1.29, 1.82) is 0 Å². The highest BCUT2D eigenvalue weighted by atomic mass is 19.1. The monoisotopic (exact) mass is 282 g/mol. The van der Waals surface area contributed by atoms with Gasteiger partial charge in [0.2, 0.25) is 0 Å². The van der Waals surface area contributed by atoms with E-state index >= 15 is 0 Å². The first-order valence-corrected chi connectivity index (χ1v) is 5.50. The van der Waals surface area contributed by atoms with Crippen molar-refractivity contribution in [2.75, 3.05) is 7.11 Å².